The molecule has 2 heterocycles. The average molecular weight is 332 g/mol. The molecular formula is C15H14ClN5S. The summed E-state index contributed by atoms with van der Waals surface area (Å²) >= 11 is 11.4. The molecule has 3 rings (SSSR count). The molecule has 1 aromatic carbocycles. The normalized spacial score (nSPS) is 11.6. The molecule has 0 saturated carbocycles. The van der Waals surface area contributed by atoms with Gasteiger partial charge >= 0.3 is 0 Å². The highest BCUT2D eigenvalue weighted by molar-refractivity contribution is 7.71. The van der Waals surface area contributed by atoms with Crippen LogP contribution < -0.4 is 0 Å². The minimum atomic E-state index is 0.412. The van der Waals surface area contributed by atoms with Gasteiger partial charge in [-0.2, -0.15) is 14.9 Å². The van der Waals surface area contributed by atoms with Gasteiger partial charge in [0.1, 0.15) is 5.15 Å². The van der Waals surface area contributed by atoms with Crippen LogP contribution in [0.5, 0.6) is 0 Å². The Kier molecular flexibility index (Phi) is 4.04. The van der Waals surface area contributed by atoms with Gasteiger partial charge in [0.25, 0.3) is 0 Å². The molecule has 0 aliphatic rings. The standard InChI is InChI=1S/C15H14ClN5S/c1-3-13-19-20-15(22)21(13)17-8-11-7-10-5-4-9(2)6-12(10)18-14(11)16/h4-8H,3H2,1-2H3,(H,20,22)/b17-8+. The van der Waals surface area contributed by atoms with Gasteiger partial charge in [-0.25, -0.2) is 4.98 Å². The van der Waals surface area contributed by atoms with Crippen LogP contribution in [0.2, 0.25) is 5.15 Å². The number of nitrogens with zero attached hydrogens (tertiary/aromatic N) is 4. The molecule has 0 unspecified atom stereocenters. The predicted molar refractivity (Wildman–Crippen MR) is 91.3 cm³/mol. The second kappa shape index (κ2) is 5.98. The number of nitrogens with one attached hydrogen (secondary N) is 1. The number of hydrogen-bond donors (Lipinski definition) is 1. The fourth-order valence-electron chi connectivity index (χ4n) is 2.15. The third-order valence-electron chi connectivity index (χ3n) is 3.30. The number of halogens is 1. The quantitative estimate of drug-likeness (QED) is 0.450. The summed E-state index contributed by atoms with van der Waals surface area (Å²) in [6.45, 7) is 4.02. The molecule has 0 atom stereocenters. The Morgan fingerprint density at radius 3 is 3.00 bits per heavy atom. The predicted octanol–water partition coefficient (Wildman–Crippen LogP) is 3.90. The van der Waals surface area contributed by atoms with Gasteiger partial charge < -0.3 is 0 Å². The zero-order valence-electron chi connectivity index (χ0n) is 12.2. The van der Waals surface area contributed by atoms with Crippen molar-refractivity contribution in [1.82, 2.24) is 19.9 Å². The van der Waals surface area contributed by atoms with Gasteiger partial charge in [0, 0.05) is 17.4 Å². The number of aromatic amines is 1. The molecule has 7 heteroatoms. The highest BCUT2D eigenvalue weighted by Crippen LogP contribution is 2.20. The van der Waals surface area contributed by atoms with Crippen molar-refractivity contribution in [2.75, 3.05) is 0 Å². The number of pyridine rings is 1. The highest BCUT2D eigenvalue weighted by Gasteiger charge is 2.05. The van der Waals surface area contributed by atoms with Gasteiger partial charge in [-0.15, -0.1) is 0 Å². The van der Waals surface area contributed by atoms with Gasteiger partial charge in [0.2, 0.25) is 4.77 Å². The number of fused-ring (bicyclic) bond motifs is 1. The molecule has 0 amide bonds. The van der Waals surface area contributed by atoms with Gasteiger partial charge in [-0.3, -0.25) is 5.10 Å². The van der Waals surface area contributed by atoms with E-state index in [1.165, 1.54) is 0 Å². The number of H-pyrrole nitrogens is 1. The maximum atomic E-state index is 6.25. The Bertz CT molecular complexity index is 925. The van der Waals surface area contributed by atoms with Crippen molar-refractivity contribution in [1.29, 1.82) is 0 Å². The van der Waals surface area contributed by atoms with E-state index >= 15 is 0 Å². The topological polar surface area (TPSA) is 58.9 Å². The largest absolute Gasteiger partial charge is 0.250 e. The molecule has 0 fully saturated rings. The first kappa shape index (κ1) is 14.9. The van der Waals surface area contributed by atoms with E-state index in [2.05, 4.69) is 20.3 Å². The first-order valence-corrected chi connectivity index (χ1v) is 7.64. The molecule has 0 aliphatic heterocycles. The van der Waals surface area contributed by atoms with Crippen molar-refractivity contribution in [2.24, 2.45) is 5.10 Å². The van der Waals surface area contributed by atoms with Crippen molar-refractivity contribution in [2.45, 2.75) is 20.3 Å². The Hall–Kier alpha value is -2.05. The summed E-state index contributed by atoms with van der Waals surface area (Å²) in [6, 6.07) is 8.03. The van der Waals surface area contributed by atoms with Crippen LogP contribution in [0.4, 0.5) is 0 Å². The molecule has 3 aromatic rings. The summed E-state index contributed by atoms with van der Waals surface area (Å²) in [5, 5.41) is 12.6. The molecule has 2 aromatic heterocycles. The van der Waals surface area contributed by atoms with E-state index in [0.717, 1.165) is 34.3 Å². The van der Waals surface area contributed by atoms with Crippen molar-refractivity contribution in [3.8, 4) is 0 Å². The van der Waals surface area contributed by atoms with Crippen molar-refractivity contribution in [3.05, 3.63) is 51.1 Å². The lowest BCUT2D eigenvalue weighted by Crippen LogP contribution is -1.98. The fourth-order valence-corrected chi connectivity index (χ4v) is 2.55. The molecule has 0 saturated heterocycles. The summed E-state index contributed by atoms with van der Waals surface area (Å²) in [5.74, 6) is 0.766. The molecular weight excluding hydrogens is 318 g/mol. The van der Waals surface area contributed by atoms with Crippen LogP contribution in [0, 0.1) is 11.7 Å². The molecule has 0 spiro atoms. The maximum Gasteiger partial charge on any atom is 0.216 e. The van der Waals surface area contributed by atoms with E-state index in [-0.39, 0.29) is 0 Å². The lowest BCUT2D eigenvalue weighted by atomic mass is 10.1. The number of aryl methyl sites for hydroxylation is 2. The Labute approximate surface area is 137 Å². The summed E-state index contributed by atoms with van der Waals surface area (Å²) in [4.78, 5) is 4.42. The van der Waals surface area contributed by atoms with E-state index in [4.69, 9.17) is 23.8 Å². The van der Waals surface area contributed by atoms with Crippen molar-refractivity contribution < 1.29 is 0 Å². The Morgan fingerprint density at radius 1 is 1.41 bits per heavy atom. The van der Waals surface area contributed by atoms with Crippen LogP contribution in [0.1, 0.15) is 23.9 Å². The van der Waals surface area contributed by atoms with Crippen LogP contribution in [0.25, 0.3) is 10.9 Å². The summed E-state index contributed by atoms with van der Waals surface area (Å²) in [5.41, 5.74) is 2.76. The van der Waals surface area contributed by atoms with E-state index < -0.39 is 0 Å². The molecule has 5 nitrogen and oxygen atoms in total. The molecule has 22 heavy (non-hydrogen) atoms. The zero-order valence-corrected chi connectivity index (χ0v) is 13.7. The minimum Gasteiger partial charge on any atom is -0.250 e. The number of rotatable bonds is 3. The zero-order chi connectivity index (χ0) is 15.7. The monoisotopic (exact) mass is 331 g/mol. The first-order valence-electron chi connectivity index (χ1n) is 6.86. The van der Waals surface area contributed by atoms with Crippen LogP contribution in [-0.2, 0) is 6.42 Å². The van der Waals surface area contributed by atoms with E-state index in [9.17, 15) is 0 Å². The Balaban J connectivity index is 2.05. The second-order valence-corrected chi connectivity index (χ2v) is 5.66. The smallest absolute Gasteiger partial charge is 0.216 e. The van der Waals surface area contributed by atoms with E-state index in [0.29, 0.717) is 9.92 Å². The summed E-state index contributed by atoms with van der Waals surface area (Å²) < 4.78 is 2.04. The SMILES string of the molecule is CCc1n[nH]c(=S)n1/N=C/c1cc2ccc(C)cc2nc1Cl. The Morgan fingerprint density at radius 2 is 2.23 bits per heavy atom. The summed E-state index contributed by atoms with van der Waals surface area (Å²) in [7, 11) is 0. The van der Waals surface area contributed by atoms with Gasteiger partial charge in [0.05, 0.1) is 11.7 Å². The van der Waals surface area contributed by atoms with Crippen molar-refractivity contribution in [3.63, 3.8) is 0 Å². The summed E-state index contributed by atoms with van der Waals surface area (Å²) in [6.07, 6.45) is 2.38. The number of hydrogen-bond acceptors (Lipinski definition) is 4. The highest BCUT2D eigenvalue weighted by atomic mass is 35.5. The lowest BCUT2D eigenvalue weighted by molar-refractivity contribution is 0.780. The lowest BCUT2D eigenvalue weighted by Gasteiger charge is -2.03. The molecule has 112 valence electrons. The number of aromatic nitrogens is 4. The van der Waals surface area contributed by atoms with E-state index in [1.807, 2.05) is 38.1 Å². The van der Waals surface area contributed by atoms with E-state index in [1.54, 1.807) is 10.9 Å². The van der Waals surface area contributed by atoms with Gasteiger partial charge in [0.15, 0.2) is 5.82 Å². The molecule has 0 aliphatic carbocycles. The fraction of sp³-hybridized carbons (Fsp3) is 0.200. The molecule has 0 bridgehead atoms. The third kappa shape index (κ3) is 2.80. The third-order valence-corrected chi connectivity index (χ3v) is 3.87. The van der Waals surface area contributed by atoms with Crippen LogP contribution in [0.3, 0.4) is 0 Å². The number of benzene rings is 1. The van der Waals surface area contributed by atoms with Gasteiger partial charge in [-0.1, -0.05) is 30.7 Å². The van der Waals surface area contributed by atoms with Gasteiger partial charge in [-0.05, 0) is 36.8 Å². The molecule has 1 N–H and O–H groups in total. The average Bonchev–Trinajstić information content (AvgIpc) is 2.85. The second-order valence-electron chi connectivity index (χ2n) is 4.92. The van der Waals surface area contributed by atoms with Crippen molar-refractivity contribution >= 4 is 40.9 Å². The van der Waals surface area contributed by atoms with Crippen LogP contribution in [-0.4, -0.2) is 26.1 Å². The first-order chi connectivity index (χ1) is 10.6. The molecule has 0 radical (unpaired) electrons. The van der Waals surface area contributed by atoms with Crippen LogP contribution >= 0.6 is 23.8 Å². The maximum absolute atomic E-state index is 6.25. The minimum absolute atomic E-state index is 0.412. The van der Waals surface area contributed by atoms with Crippen LogP contribution in [0.15, 0.2) is 29.4 Å².